The van der Waals surface area contributed by atoms with Gasteiger partial charge in [0.1, 0.15) is 6.26 Å². The van der Waals surface area contributed by atoms with E-state index in [9.17, 15) is 9.59 Å². The third-order valence-corrected chi connectivity index (χ3v) is 2.40. The van der Waals surface area contributed by atoms with Crippen LogP contribution < -0.4 is 5.32 Å². The van der Waals surface area contributed by atoms with Crippen LogP contribution in [0.4, 0.5) is 0 Å². The van der Waals surface area contributed by atoms with Gasteiger partial charge in [-0.2, -0.15) is 0 Å². The number of rotatable bonds is 6. The third-order valence-electron chi connectivity index (χ3n) is 2.40. The Morgan fingerprint density at radius 1 is 1.47 bits per heavy atom. The standard InChI is InChI=1S/C12H17NO4/c1-8(2)5-10(12(15)16)6-13-11(14)9-3-4-17-7-9/h3-4,7-8,10H,5-6H2,1-2H3,(H,13,14)(H,15,16). The molecule has 1 atom stereocenters. The summed E-state index contributed by atoms with van der Waals surface area (Å²) in [6, 6.07) is 1.54. The molecule has 0 radical (unpaired) electrons. The molecule has 0 aliphatic carbocycles. The van der Waals surface area contributed by atoms with Crippen molar-refractivity contribution in [3.05, 3.63) is 24.2 Å². The molecule has 17 heavy (non-hydrogen) atoms. The molecule has 1 rings (SSSR count). The maximum atomic E-state index is 11.6. The minimum absolute atomic E-state index is 0.136. The predicted molar refractivity (Wildman–Crippen MR) is 61.6 cm³/mol. The molecule has 0 aromatic carbocycles. The summed E-state index contributed by atoms with van der Waals surface area (Å²) in [5.41, 5.74) is 0.402. The topological polar surface area (TPSA) is 79.5 Å². The van der Waals surface area contributed by atoms with E-state index in [0.717, 1.165) is 0 Å². The Balaban J connectivity index is 2.47. The molecule has 1 amide bonds. The monoisotopic (exact) mass is 239 g/mol. The molecule has 0 spiro atoms. The van der Waals surface area contributed by atoms with Crippen LogP contribution >= 0.6 is 0 Å². The molecule has 1 heterocycles. The summed E-state index contributed by atoms with van der Waals surface area (Å²) >= 11 is 0. The van der Waals surface area contributed by atoms with Gasteiger partial charge in [0.25, 0.3) is 5.91 Å². The zero-order valence-electron chi connectivity index (χ0n) is 9.97. The number of hydrogen-bond acceptors (Lipinski definition) is 3. The number of carboxylic acids is 1. The lowest BCUT2D eigenvalue weighted by molar-refractivity contribution is -0.142. The van der Waals surface area contributed by atoms with Gasteiger partial charge in [0, 0.05) is 6.54 Å². The van der Waals surface area contributed by atoms with Crippen molar-refractivity contribution in [1.29, 1.82) is 0 Å². The minimum atomic E-state index is -0.883. The number of hydrogen-bond donors (Lipinski definition) is 2. The SMILES string of the molecule is CC(C)CC(CNC(=O)c1ccoc1)C(=O)O. The number of carbonyl (C=O) groups is 2. The molecule has 2 N–H and O–H groups in total. The van der Waals surface area contributed by atoms with Crippen LogP contribution in [0.2, 0.25) is 0 Å². The van der Waals surface area contributed by atoms with Crippen LogP contribution in [0, 0.1) is 11.8 Å². The van der Waals surface area contributed by atoms with Crippen molar-refractivity contribution in [1.82, 2.24) is 5.32 Å². The third kappa shape index (κ3) is 4.30. The van der Waals surface area contributed by atoms with Crippen molar-refractivity contribution >= 4 is 11.9 Å². The van der Waals surface area contributed by atoms with E-state index >= 15 is 0 Å². The van der Waals surface area contributed by atoms with Crippen LogP contribution in [-0.2, 0) is 4.79 Å². The average Bonchev–Trinajstić information content (AvgIpc) is 2.76. The van der Waals surface area contributed by atoms with Crippen LogP contribution in [0.15, 0.2) is 23.0 Å². The van der Waals surface area contributed by atoms with E-state index in [0.29, 0.717) is 12.0 Å². The Bertz CT molecular complexity index is 370. The highest BCUT2D eigenvalue weighted by Gasteiger charge is 2.20. The van der Waals surface area contributed by atoms with Gasteiger partial charge in [-0.3, -0.25) is 9.59 Å². The van der Waals surface area contributed by atoms with Crippen molar-refractivity contribution in [3.8, 4) is 0 Å². The molecule has 5 nitrogen and oxygen atoms in total. The van der Waals surface area contributed by atoms with Gasteiger partial charge in [0.15, 0.2) is 0 Å². The van der Waals surface area contributed by atoms with Crippen LogP contribution in [-0.4, -0.2) is 23.5 Å². The average molecular weight is 239 g/mol. The van der Waals surface area contributed by atoms with Gasteiger partial charge in [0.05, 0.1) is 17.7 Å². The van der Waals surface area contributed by atoms with Crippen LogP contribution in [0.5, 0.6) is 0 Å². The highest BCUT2D eigenvalue weighted by atomic mass is 16.4. The normalized spacial score (nSPS) is 12.4. The van der Waals surface area contributed by atoms with Crippen molar-refractivity contribution < 1.29 is 19.1 Å². The summed E-state index contributed by atoms with van der Waals surface area (Å²) in [6.07, 6.45) is 3.27. The zero-order valence-corrected chi connectivity index (χ0v) is 9.97. The lowest BCUT2D eigenvalue weighted by Crippen LogP contribution is -2.33. The molecule has 0 fully saturated rings. The molecule has 0 aliphatic rings. The van der Waals surface area contributed by atoms with Gasteiger partial charge >= 0.3 is 5.97 Å². The number of aliphatic carboxylic acids is 1. The van der Waals surface area contributed by atoms with Gasteiger partial charge in [-0.1, -0.05) is 13.8 Å². The molecule has 94 valence electrons. The number of carbonyl (C=O) groups excluding carboxylic acids is 1. The van der Waals surface area contributed by atoms with E-state index in [4.69, 9.17) is 9.52 Å². The molecule has 0 aliphatic heterocycles. The molecule has 5 heteroatoms. The van der Waals surface area contributed by atoms with E-state index in [1.165, 1.54) is 18.6 Å². The maximum Gasteiger partial charge on any atom is 0.308 e. The second-order valence-electron chi connectivity index (χ2n) is 4.39. The first kappa shape index (κ1) is 13.3. The van der Waals surface area contributed by atoms with Crippen LogP contribution in [0.25, 0.3) is 0 Å². The van der Waals surface area contributed by atoms with Crippen LogP contribution in [0.3, 0.4) is 0 Å². The van der Waals surface area contributed by atoms with Gasteiger partial charge in [-0.05, 0) is 18.4 Å². The largest absolute Gasteiger partial charge is 0.481 e. The number of amides is 1. The maximum absolute atomic E-state index is 11.6. The minimum Gasteiger partial charge on any atom is -0.481 e. The molecule has 0 saturated carbocycles. The molecule has 1 aromatic heterocycles. The summed E-state index contributed by atoms with van der Waals surface area (Å²) < 4.78 is 4.78. The lowest BCUT2D eigenvalue weighted by Gasteiger charge is -2.14. The first-order valence-electron chi connectivity index (χ1n) is 5.54. The van der Waals surface area contributed by atoms with E-state index in [2.05, 4.69) is 5.32 Å². The Labute approximate surface area is 99.8 Å². The zero-order chi connectivity index (χ0) is 12.8. The van der Waals surface area contributed by atoms with Crippen molar-refractivity contribution in [2.75, 3.05) is 6.54 Å². The van der Waals surface area contributed by atoms with E-state index in [1.54, 1.807) is 0 Å². The first-order valence-corrected chi connectivity index (χ1v) is 5.54. The predicted octanol–water partition coefficient (Wildman–Crippen LogP) is 1.76. The molecular formula is C12H17NO4. The van der Waals surface area contributed by atoms with Crippen molar-refractivity contribution in [2.24, 2.45) is 11.8 Å². The van der Waals surface area contributed by atoms with Gasteiger partial charge in [-0.15, -0.1) is 0 Å². The van der Waals surface area contributed by atoms with Crippen LogP contribution in [0.1, 0.15) is 30.6 Å². The fraction of sp³-hybridized carbons (Fsp3) is 0.500. The van der Waals surface area contributed by atoms with Gasteiger partial charge in [0.2, 0.25) is 0 Å². The Morgan fingerprint density at radius 2 is 2.18 bits per heavy atom. The van der Waals surface area contributed by atoms with Gasteiger partial charge in [-0.25, -0.2) is 0 Å². The molecular weight excluding hydrogens is 222 g/mol. The van der Waals surface area contributed by atoms with E-state index in [1.807, 2.05) is 13.8 Å². The molecule has 0 bridgehead atoms. The highest BCUT2D eigenvalue weighted by molar-refractivity contribution is 5.93. The molecule has 1 unspecified atom stereocenters. The number of furan rings is 1. The summed E-state index contributed by atoms with van der Waals surface area (Å²) in [5.74, 6) is -1.47. The highest BCUT2D eigenvalue weighted by Crippen LogP contribution is 2.11. The summed E-state index contributed by atoms with van der Waals surface area (Å²) in [6.45, 7) is 4.04. The van der Waals surface area contributed by atoms with E-state index in [-0.39, 0.29) is 18.4 Å². The summed E-state index contributed by atoms with van der Waals surface area (Å²) in [5, 5.41) is 11.6. The quantitative estimate of drug-likeness (QED) is 0.792. The summed E-state index contributed by atoms with van der Waals surface area (Å²) in [7, 11) is 0. The van der Waals surface area contributed by atoms with E-state index < -0.39 is 11.9 Å². The Morgan fingerprint density at radius 3 is 2.65 bits per heavy atom. The Kier molecular flexibility index (Phi) is 4.75. The second-order valence-corrected chi connectivity index (χ2v) is 4.39. The Hall–Kier alpha value is -1.78. The molecule has 0 saturated heterocycles. The number of carboxylic acid groups (broad SMARTS) is 1. The second kappa shape index (κ2) is 6.08. The first-order chi connectivity index (χ1) is 8.00. The fourth-order valence-electron chi connectivity index (χ4n) is 1.55. The fourth-order valence-corrected chi connectivity index (χ4v) is 1.55. The van der Waals surface area contributed by atoms with Crippen molar-refractivity contribution in [2.45, 2.75) is 20.3 Å². The van der Waals surface area contributed by atoms with Crippen molar-refractivity contribution in [3.63, 3.8) is 0 Å². The molecule has 1 aromatic rings. The summed E-state index contributed by atoms with van der Waals surface area (Å²) in [4.78, 5) is 22.5. The smallest absolute Gasteiger partial charge is 0.308 e. The van der Waals surface area contributed by atoms with Gasteiger partial charge < -0.3 is 14.8 Å². The number of nitrogens with one attached hydrogen (secondary N) is 1. The lowest BCUT2D eigenvalue weighted by atomic mass is 9.97.